The van der Waals surface area contributed by atoms with Crippen molar-refractivity contribution in [3.63, 3.8) is 0 Å². The number of imidazole rings is 1. The van der Waals surface area contributed by atoms with Gasteiger partial charge in [0.2, 0.25) is 0 Å². The second-order valence-corrected chi connectivity index (χ2v) is 8.21. The van der Waals surface area contributed by atoms with Crippen LogP contribution in [0, 0.1) is 0 Å². The summed E-state index contributed by atoms with van der Waals surface area (Å²) in [5.41, 5.74) is 5.46. The van der Waals surface area contributed by atoms with Crippen LogP contribution in [0.25, 0.3) is 22.4 Å². The minimum absolute atomic E-state index is 0.306. The molecule has 1 aliphatic rings. The van der Waals surface area contributed by atoms with Gasteiger partial charge in [-0.1, -0.05) is 0 Å². The number of hydroxylamine groups is 1. The molecule has 1 aliphatic heterocycles. The van der Waals surface area contributed by atoms with E-state index in [1.807, 2.05) is 19.2 Å². The molecule has 0 saturated carbocycles. The smallest absolute Gasteiger partial charge is 0.274 e. The molecule has 0 unspecified atom stereocenters. The molecule has 2 aromatic heterocycles. The number of benzene rings is 1. The lowest BCUT2D eigenvalue weighted by Gasteiger charge is -2.27. The highest BCUT2D eigenvalue weighted by Gasteiger charge is 2.28. The van der Waals surface area contributed by atoms with Gasteiger partial charge in [-0.25, -0.2) is 15.4 Å². The number of rotatable bonds is 8. The molecule has 0 aliphatic carbocycles. The Morgan fingerprint density at radius 1 is 1.19 bits per heavy atom. The van der Waals surface area contributed by atoms with E-state index in [9.17, 15) is 4.79 Å². The summed E-state index contributed by atoms with van der Waals surface area (Å²) in [6, 6.07) is 10.6. The number of anilines is 1. The number of pyridine rings is 1. The van der Waals surface area contributed by atoms with E-state index in [1.165, 1.54) is 20.0 Å². The van der Waals surface area contributed by atoms with Gasteiger partial charge in [-0.3, -0.25) is 9.63 Å². The molecule has 170 valence electrons. The van der Waals surface area contributed by atoms with Crippen LogP contribution in [0.15, 0.2) is 36.5 Å². The molecule has 1 saturated heterocycles. The van der Waals surface area contributed by atoms with Gasteiger partial charge in [0.15, 0.2) is 0 Å². The molecule has 8 heteroatoms. The van der Waals surface area contributed by atoms with Crippen LogP contribution in [0.3, 0.4) is 0 Å². The number of hydrogen-bond donors (Lipinski definition) is 1. The Balaban J connectivity index is 1.71. The lowest BCUT2D eigenvalue weighted by molar-refractivity contribution is 0.0538. The predicted octanol–water partition coefficient (Wildman–Crippen LogP) is 3.80. The number of amides is 1. The van der Waals surface area contributed by atoms with Crippen LogP contribution >= 0.6 is 0 Å². The average Bonchev–Trinajstić information content (AvgIpc) is 3.33. The number of hydrogen-bond acceptors (Lipinski definition) is 6. The van der Waals surface area contributed by atoms with Gasteiger partial charge in [-0.05, 0) is 63.9 Å². The van der Waals surface area contributed by atoms with Crippen LogP contribution in [0.1, 0.15) is 44.0 Å². The van der Waals surface area contributed by atoms with Crippen LogP contribution in [-0.2, 0) is 16.1 Å². The van der Waals surface area contributed by atoms with Crippen molar-refractivity contribution in [2.75, 3.05) is 25.2 Å². The maximum atomic E-state index is 12.2. The van der Waals surface area contributed by atoms with Crippen LogP contribution in [0.4, 0.5) is 5.82 Å². The van der Waals surface area contributed by atoms with E-state index in [2.05, 4.69) is 40.9 Å². The van der Waals surface area contributed by atoms with E-state index in [4.69, 9.17) is 19.5 Å². The molecular formula is C24H31N5O3. The van der Waals surface area contributed by atoms with Crippen molar-refractivity contribution in [1.82, 2.24) is 20.0 Å². The Bertz CT molecular complexity index is 1070. The van der Waals surface area contributed by atoms with E-state index in [0.717, 1.165) is 28.2 Å². The second kappa shape index (κ2) is 9.67. The first-order chi connectivity index (χ1) is 15.5. The monoisotopic (exact) mass is 437 g/mol. The molecular weight excluding hydrogens is 406 g/mol. The van der Waals surface area contributed by atoms with E-state index in [1.54, 1.807) is 12.1 Å². The van der Waals surface area contributed by atoms with Gasteiger partial charge in [0.05, 0.1) is 24.8 Å². The third kappa shape index (κ3) is 4.33. The number of aromatic nitrogens is 3. The summed E-state index contributed by atoms with van der Waals surface area (Å²) in [6.45, 7) is 8.38. The zero-order valence-electron chi connectivity index (χ0n) is 19.2. The molecule has 8 nitrogen and oxygen atoms in total. The second-order valence-electron chi connectivity index (χ2n) is 8.21. The summed E-state index contributed by atoms with van der Waals surface area (Å²) >= 11 is 0. The summed E-state index contributed by atoms with van der Waals surface area (Å²) in [4.78, 5) is 28.9. The van der Waals surface area contributed by atoms with Gasteiger partial charge in [0.1, 0.15) is 11.6 Å². The van der Waals surface area contributed by atoms with Crippen molar-refractivity contribution < 1.29 is 14.4 Å². The first kappa shape index (κ1) is 22.2. The number of ether oxygens (including phenoxy) is 1. The number of carbonyl (C=O) groups excluding carboxylic acids is 1. The van der Waals surface area contributed by atoms with Gasteiger partial charge in [-0.2, -0.15) is 0 Å². The van der Waals surface area contributed by atoms with Crippen LogP contribution in [0.5, 0.6) is 0 Å². The number of nitrogens with zero attached hydrogens (tertiary/aromatic N) is 4. The van der Waals surface area contributed by atoms with E-state index in [0.29, 0.717) is 37.4 Å². The molecule has 0 radical (unpaired) electrons. The van der Waals surface area contributed by atoms with Gasteiger partial charge in [0, 0.05) is 42.6 Å². The van der Waals surface area contributed by atoms with Gasteiger partial charge in [-0.15, -0.1) is 0 Å². The van der Waals surface area contributed by atoms with Crippen molar-refractivity contribution >= 4 is 22.8 Å². The van der Waals surface area contributed by atoms with Crippen molar-refractivity contribution in [2.45, 2.75) is 52.2 Å². The Morgan fingerprint density at radius 3 is 2.62 bits per heavy atom. The van der Waals surface area contributed by atoms with Crippen molar-refractivity contribution in [3.8, 4) is 11.4 Å². The van der Waals surface area contributed by atoms with Crippen molar-refractivity contribution in [1.29, 1.82) is 0 Å². The largest absolute Gasteiger partial charge is 0.380 e. The summed E-state index contributed by atoms with van der Waals surface area (Å²) in [5, 5.41) is 0. The van der Waals surface area contributed by atoms with E-state index in [-0.39, 0.29) is 5.91 Å². The van der Waals surface area contributed by atoms with Crippen LogP contribution in [0.2, 0.25) is 0 Å². The zero-order valence-corrected chi connectivity index (χ0v) is 19.2. The summed E-state index contributed by atoms with van der Waals surface area (Å²) < 4.78 is 7.72. The third-order valence-electron chi connectivity index (χ3n) is 6.09. The molecule has 3 heterocycles. The number of fused-ring (bicyclic) bond motifs is 1. The van der Waals surface area contributed by atoms with E-state index < -0.39 is 0 Å². The number of carbonyl (C=O) groups is 1. The molecule has 4 rings (SSSR count). The minimum atomic E-state index is -0.306. The molecule has 3 aromatic rings. The minimum Gasteiger partial charge on any atom is -0.380 e. The molecule has 1 amide bonds. The topological polar surface area (TPSA) is 81.5 Å². The quantitative estimate of drug-likeness (QED) is 0.426. The lowest BCUT2D eigenvalue weighted by atomic mass is 10.2. The normalized spacial score (nSPS) is 18.4. The molecule has 32 heavy (non-hydrogen) atoms. The highest BCUT2D eigenvalue weighted by Crippen LogP contribution is 2.31. The van der Waals surface area contributed by atoms with Gasteiger partial charge in [0.25, 0.3) is 5.91 Å². The maximum Gasteiger partial charge on any atom is 0.274 e. The lowest BCUT2D eigenvalue weighted by Crippen LogP contribution is -2.33. The zero-order chi connectivity index (χ0) is 22.7. The molecule has 2 atom stereocenters. The highest BCUT2D eigenvalue weighted by atomic mass is 16.6. The SMILES string of the molecule is CCOCCn1c(-c2ccc(N3[C@@H](C)CC[C@@H]3C)nc2)nc2cc(C(=O)NOC)ccc21. The fraction of sp³-hybridized carbons (Fsp3) is 0.458. The maximum absolute atomic E-state index is 12.2. The Morgan fingerprint density at radius 2 is 1.97 bits per heavy atom. The molecule has 1 aromatic carbocycles. The number of nitrogens with one attached hydrogen (secondary N) is 1. The fourth-order valence-corrected chi connectivity index (χ4v) is 4.49. The summed E-state index contributed by atoms with van der Waals surface area (Å²) in [6.07, 6.45) is 4.28. The van der Waals surface area contributed by atoms with E-state index >= 15 is 0 Å². The van der Waals surface area contributed by atoms with Crippen molar-refractivity contribution in [2.24, 2.45) is 0 Å². The standard InChI is InChI=1S/C24H31N5O3/c1-5-32-13-12-28-21-10-8-18(24(30)27-31-4)14-20(21)26-23(28)19-9-11-22(25-15-19)29-16(2)6-7-17(29)3/h8-11,14-17H,5-7,12-13H2,1-4H3,(H,27,30)/t16-,17-/m0/s1. The average molecular weight is 438 g/mol. The first-order valence-electron chi connectivity index (χ1n) is 11.2. The van der Waals surface area contributed by atoms with Crippen LogP contribution < -0.4 is 10.4 Å². The Labute approximate surface area is 188 Å². The predicted molar refractivity (Wildman–Crippen MR) is 125 cm³/mol. The first-order valence-corrected chi connectivity index (χ1v) is 11.2. The highest BCUT2D eigenvalue weighted by molar-refractivity contribution is 5.97. The van der Waals surface area contributed by atoms with Gasteiger partial charge < -0.3 is 14.2 Å². The summed E-state index contributed by atoms with van der Waals surface area (Å²) in [5.74, 6) is 1.51. The summed E-state index contributed by atoms with van der Waals surface area (Å²) in [7, 11) is 1.41. The molecule has 1 N–H and O–H groups in total. The van der Waals surface area contributed by atoms with Crippen LogP contribution in [-0.4, -0.2) is 52.8 Å². The molecule has 0 spiro atoms. The molecule has 0 bridgehead atoms. The van der Waals surface area contributed by atoms with Gasteiger partial charge >= 0.3 is 0 Å². The third-order valence-corrected chi connectivity index (χ3v) is 6.09. The molecule has 1 fully saturated rings. The fourth-order valence-electron chi connectivity index (χ4n) is 4.49. The Hall–Kier alpha value is -2.97. The Kier molecular flexibility index (Phi) is 6.72. The van der Waals surface area contributed by atoms with Crippen molar-refractivity contribution in [3.05, 3.63) is 42.1 Å².